The molecular weight excluding hydrogens is 913 g/mol. The zero-order valence-corrected chi connectivity index (χ0v) is 41.4. The van der Waals surface area contributed by atoms with Crippen molar-refractivity contribution >= 4 is 37.2 Å². The van der Waals surface area contributed by atoms with Gasteiger partial charge in [-0.2, -0.15) is 8.78 Å². The molecule has 7 rings (SSSR count). The molecule has 0 saturated carbocycles. The molecule has 2 fully saturated rings. The van der Waals surface area contributed by atoms with Crippen LogP contribution in [0.25, 0.3) is 11.5 Å². The van der Waals surface area contributed by atoms with Gasteiger partial charge in [0.2, 0.25) is 25.9 Å². The topological polar surface area (TPSA) is 170 Å². The van der Waals surface area contributed by atoms with Crippen LogP contribution in [0.15, 0.2) is 114 Å². The quantitative estimate of drug-likeness (QED) is 0.0983. The Morgan fingerprint density at radius 3 is 1.41 bits per heavy atom. The Balaban J connectivity index is 0.000000226. The molecule has 19 heteroatoms. The highest BCUT2D eigenvalue weighted by molar-refractivity contribution is 7.93. The molecule has 15 nitrogen and oxygen atoms in total. The second-order valence-electron chi connectivity index (χ2n) is 17.8. The van der Waals surface area contributed by atoms with E-state index in [0.717, 1.165) is 37.3 Å². The highest BCUT2D eigenvalue weighted by Gasteiger charge is 2.31. The third kappa shape index (κ3) is 13.8. The average Bonchev–Trinajstić information content (AvgIpc) is 3.84. The zero-order chi connectivity index (χ0) is 49.2. The Labute approximate surface area is 400 Å². The van der Waals surface area contributed by atoms with Gasteiger partial charge in [0.25, 0.3) is 5.89 Å². The van der Waals surface area contributed by atoms with E-state index in [-0.39, 0.29) is 42.8 Å². The monoisotopic (exact) mass is 977 g/mol. The number of anilines is 2. The van der Waals surface area contributed by atoms with Crippen molar-refractivity contribution in [1.29, 1.82) is 0 Å². The van der Waals surface area contributed by atoms with Crippen LogP contribution in [0.2, 0.25) is 0 Å². The molecule has 0 amide bonds. The molecule has 4 aromatic carbocycles. The molecular formula is C49H65F2N9O6S2. The van der Waals surface area contributed by atoms with Gasteiger partial charge in [0, 0.05) is 74.6 Å². The van der Waals surface area contributed by atoms with Crippen LogP contribution in [0.1, 0.15) is 61.5 Å². The Bertz CT molecular complexity index is 2570. The predicted octanol–water partition coefficient (Wildman–Crippen LogP) is 6.22. The fourth-order valence-corrected chi connectivity index (χ4v) is 11.4. The summed E-state index contributed by atoms with van der Waals surface area (Å²) in [5, 5.41) is 7.00. The highest BCUT2D eigenvalue weighted by Crippen LogP contribution is 2.27. The van der Waals surface area contributed by atoms with Crippen molar-refractivity contribution in [3.63, 3.8) is 0 Å². The first-order valence-electron chi connectivity index (χ1n) is 22.9. The lowest BCUT2D eigenvalue weighted by Gasteiger charge is -2.42. The van der Waals surface area contributed by atoms with Crippen LogP contribution in [-0.2, 0) is 33.1 Å². The Morgan fingerprint density at radius 2 is 1.04 bits per heavy atom. The molecule has 2 N–H and O–H groups in total. The number of alkyl halides is 2. The summed E-state index contributed by atoms with van der Waals surface area (Å²) in [7, 11) is -2.98. The van der Waals surface area contributed by atoms with Gasteiger partial charge in [-0.05, 0) is 89.3 Å². The van der Waals surface area contributed by atoms with E-state index in [4.69, 9.17) is 10.2 Å². The minimum Gasteiger partial charge on any atom is -0.415 e. The summed E-state index contributed by atoms with van der Waals surface area (Å²) in [5.74, 6) is -0.838. The largest absolute Gasteiger partial charge is 0.415 e. The van der Waals surface area contributed by atoms with E-state index in [1.807, 2.05) is 36.4 Å². The van der Waals surface area contributed by atoms with E-state index in [0.29, 0.717) is 59.8 Å². The number of carbonyl (C=O) groups is 1. The van der Waals surface area contributed by atoms with Gasteiger partial charge in [0.15, 0.2) is 5.78 Å². The fourth-order valence-electron chi connectivity index (χ4n) is 8.43. The third-order valence-corrected chi connectivity index (χ3v) is 16.3. The number of nitrogens with zero attached hydrogens (tertiary/aromatic N) is 8. The van der Waals surface area contributed by atoms with Crippen LogP contribution in [0.3, 0.4) is 0 Å². The number of ketones is 1. The lowest BCUT2D eigenvalue weighted by Crippen LogP contribution is -2.55. The van der Waals surface area contributed by atoms with E-state index < -0.39 is 32.4 Å². The summed E-state index contributed by atoms with van der Waals surface area (Å²) < 4.78 is 87.4. The number of Topliss-reactive ketones (excluding diaryl/α,β-unsaturated/α-hetero) is 1. The van der Waals surface area contributed by atoms with Crippen molar-refractivity contribution in [2.45, 2.75) is 71.4 Å². The number of para-hydroxylation sites is 2. The van der Waals surface area contributed by atoms with Gasteiger partial charge >= 0.3 is 6.43 Å². The van der Waals surface area contributed by atoms with Gasteiger partial charge in [-0.1, -0.05) is 72.8 Å². The van der Waals surface area contributed by atoms with E-state index in [1.54, 1.807) is 72.8 Å². The lowest BCUT2D eigenvalue weighted by atomic mass is 10.1. The van der Waals surface area contributed by atoms with Crippen molar-refractivity contribution in [2.24, 2.45) is 5.73 Å². The van der Waals surface area contributed by atoms with Crippen molar-refractivity contribution in [3.8, 4) is 11.5 Å². The number of benzene rings is 4. The summed E-state index contributed by atoms with van der Waals surface area (Å²) >= 11 is 0. The molecule has 368 valence electrons. The molecule has 5 aromatic rings. The lowest BCUT2D eigenvalue weighted by molar-refractivity contribution is 0.0639. The predicted molar refractivity (Wildman–Crippen MR) is 264 cm³/mol. The number of halogens is 2. The minimum atomic E-state index is -3.64. The number of hydrogen-bond donors (Lipinski definition) is 1. The van der Waals surface area contributed by atoms with Gasteiger partial charge in [0.1, 0.15) is 0 Å². The van der Waals surface area contributed by atoms with E-state index >= 15 is 0 Å². The van der Waals surface area contributed by atoms with Crippen LogP contribution >= 0.6 is 0 Å². The second-order valence-corrected chi connectivity index (χ2v) is 21.9. The second kappa shape index (κ2) is 23.4. The first-order valence-corrected chi connectivity index (χ1v) is 26.1. The molecule has 0 radical (unpaired) electrons. The molecule has 68 heavy (non-hydrogen) atoms. The molecule has 0 aliphatic carbocycles. The Kier molecular flexibility index (Phi) is 18.0. The van der Waals surface area contributed by atoms with Crippen molar-refractivity contribution < 1.29 is 34.8 Å². The highest BCUT2D eigenvalue weighted by atomic mass is 32.2. The molecule has 0 spiro atoms. The smallest absolute Gasteiger partial charge is 0.314 e. The maximum absolute atomic E-state index is 13.5. The standard InChI is InChI=1S/C25H31F2N5O3S.C24H34N4O3S/c1-18-15-31(16-19(2)30(18)3)13-14-36(33,34)32(22-7-5-4-6-8-22)17-20-9-11-21(12-10-20)24-28-29-25(35-24)23(26)27;1-19-16-27(17-20(2)26(19)3)13-14-32(30,31)28(23-7-5-4-6-8-23)18-21-9-11-22(12-10-21)24(29)15-25/h4-12,18-19,23H,13-17H2,1-3H3;4-12,19-20H,13-18,25H2,1-3H3/t18-,19+;19-,20+. The first-order chi connectivity index (χ1) is 32.3. The Morgan fingerprint density at radius 1 is 0.647 bits per heavy atom. The fraction of sp³-hybridized carbons (Fsp3) is 0.449. The van der Waals surface area contributed by atoms with Crippen LogP contribution in [0.4, 0.5) is 20.2 Å². The number of likely N-dealkylation sites (N-methyl/N-ethyl adjacent to an activating group) is 2. The van der Waals surface area contributed by atoms with Crippen LogP contribution in [0.5, 0.6) is 0 Å². The molecule has 3 heterocycles. The minimum absolute atomic E-state index is 0.00151. The number of piperazine rings is 2. The van der Waals surface area contributed by atoms with Gasteiger partial charge in [-0.25, -0.2) is 16.8 Å². The van der Waals surface area contributed by atoms with E-state index in [2.05, 4.69) is 71.6 Å². The normalized spacial score (nSPS) is 19.9. The van der Waals surface area contributed by atoms with Crippen molar-refractivity contribution in [2.75, 3.05) is 80.0 Å². The molecule has 4 atom stereocenters. The number of carbonyl (C=O) groups excluding carboxylic acids is 1. The number of hydrogen-bond acceptors (Lipinski definition) is 13. The van der Waals surface area contributed by atoms with Crippen molar-refractivity contribution in [1.82, 2.24) is 29.8 Å². The summed E-state index contributed by atoms with van der Waals surface area (Å²) in [6.45, 7) is 13.3. The first kappa shape index (κ1) is 52.2. The summed E-state index contributed by atoms with van der Waals surface area (Å²) in [6.07, 6.45) is -2.84. The number of rotatable bonds is 18. The molecule has 2 saturated heterocycles. The number of sulfonamides is 2. The average molecular weight is 978 g/mol. The SMILES string of the molecule is C[C@@H]1CN(CCS(=O)(=O)N(Cc2ccc(-c3nnc(C(F)F)o3)cc2)c2ccccc2)C[C@H](C)N1C.C[C@@H]1CN(CCS(=O)(=O)N(Cc2ccc(C(=O)CN)cc2)c2ccccc2)C[C@H](C)N1C. The maximum Gasteiger partial charge on any atom is 0.314 e. The summed E-state index contributed by atoms with van der Waals surface area (Å²) in [4.78, 5) is 20.9. The number of aromatic nitrogens is 2. The summed E-state index contributed by atoms with van der Waals surface area (Å²) in [6, 6.07) is 33.4. The molecule has 0 unspecified atom stereocenters. The third-order valence-electron chi connectivity index (χ3n) is 12.9. The van der Waals surface area contributed by atoms with Crippen LogP contribution in [0, 0.1) is 0 Å². The van der Waals surface area contributed by atoms with Crippen molar-refractivity contribution in [3.05, 3.63) is 132 Å². The van der Waals surface area contributed by atoms with Gasteiger partial charge in [-0.3, -0.25) is 33.0 Å². The van der Waals surface area contributed by atoms with Crippen LogP contribution < -0.4 is 14.3 Å². The number of nitrogens with two attached hydrogens (primary N) is 1. The van der Waals surface area contributed by atoms with Gasteiger partial charge in [-0.15, -0.1) is 10.2 Å². The van der Waals surface area contributed by atoms with Crippen LogP contribution in [-0.4, -0.2) is 148 Å². The molecule has 1 aromatic heterocycles. The van der Waals surface area contributed by atoms with E-state index in [1.165, 1.54) is 8.61 Å². The van der Waals surface area contributed by atoms with E-state index in [9.17, 15) is 30.4 Å². The van der Waals surface area contributed by atoms with Gasteiger partial charge in [0.05, 0.1) is 42.5 Å². The summed E-state index contributed by atoms with van der Waals surface area (Å²) in [5.41, 5.74) is 9.21. The molecule has 2 aliphatic heterocycles. The van der Waals surface area contributed by atoms with Gasteiger partial charge < -0.3 is 10.2 Å². The molecule has 0 bridgehead atoms. The Hall–Kier alpha value is -5.15. The maximum atomic E-state index is 13.5. The molecule has 2 aliphatic rings. The zero-order valence-electron chi connectivity index (χ0n) is 39.7.